The maximum Gasteiger partial charge on any atom is 4.00 e. The van der Waals surface area contributed by atoms with Gasteiger partial charge in [0.25, 0.3) is 0 Å². The van der Waals surface area contributed by atoms with E-state index in [0.717, 1.165) is 5.57 Å². The predicted octanol–water partition coefficient (Wildman–Crippen LogP) is 8.21. The van der Waals surface area contributed by atoms with E-state index in [2.05, 4.69) is 64.5 Å². The molecule has 0 heterocycles. The molecule has 2 aromatic carbocycles. The van der Waals surface area contributed by atoms with Gasteiger partial charge in [-0.15, -0.1) is 6.92 Å². The molecule has 4 heteroatoms. The summed E-state index contributed by atoms with van der Waals surface area (Å²) in [6.45, 7) is 9.00. The van der Waals surface area contributed by atoms with Crippen LogP contribution in [0.1, 0.15) is 25.0 Å². The van der Waals surface area contributed by atoms with Crippen molar-refractivity contribution in [2.24, 2.45) is 0 Å². The molecule has 0 N–H and O–H groups in total. The molecule has 3 nitrogen and oxygen atoms in total. The summed E-state index contributed by atoms with van der Waals surface area (Å²) >= 11 is 0. The van der Waals surface area contributed by atoms with Crippen LogP contribution in [0.2, 0.25) is 0 Å². The topological polar surface area (TPSA) is 42.3 Å². The Labute approximate surface area is 213 Å². The molecule has 0 saturated heterocycles. The number of rotatable bonds is 4. The Morgan fingerprint density at radius 2 is 0.938 bits per heavy atom. The average molecular weight is 468 g/mol. The van der Waals surface area contributed by atoms with Crippen molar-refractivity contribution in [2.75, 3.05) is 42.3 Å². The zero-order valence-corrected chi connectivity index (χ0v) is 22.7. The van der Waals surface area contributed by atoms with E-state index in [1.807, 2.05) is 56.3 Å². The van der Waals surface area contributed by atoms with Gasteiger partial charge < -0.3 is 16.0 Å². The minimum absolute atomic E-state index is 0. The number of nitrogens with zero attached hydrogens (tertiary/aromatic N) is 3. The van der Waals surface area contributed by atoms with E-state index in [-0.39, 0.29) is 21.7 Å². The molecule has 0 bridgehead atoms. The Kier molecular flexibility index (Phi) is 39.2. The van der Waals surface area contributed by atoms with Crippen molar-refractivity contribution in [3.8, 4) is 0 Å². The third kappa shape index (κ3) is 32.7. The Hall–Kier alpha value is -2.01. The van der Waals surface area contributed by atoms with Crippen LogP contribution in [-0.4, -0.2) is 42.3 Å². The van der Waals surface area contributed by atoms with Crippen molar-refractivity contribution < 1.29 is 21.7 Å². The normalized spacial score (nSPS) is 9.44. The number of allylic oxidation sites excluding steroid dienone is 5. The predicted molar refractivity (Wildman–Crippen MR) is 145 cm³/mol. The maximum atomic E-state index is 5.09. The van der Waals surface area contributed by atoms with Crippen molar-refractivity contribution in [3.05, 3.63) is 124 Å². The summed E-state index contributed by atoms with van der Waals surface area (Å²) in [4.78, 5) is 0. The average Bonchev–Trinajstić information content (AvgIpc) is 2.80. The Morgan fingerprint density at radius 1 is 0.656 bits per heavy atom. The molecular weight excluding hydrogens is 426 g/mol. The maximum absolute atomic E-state index is 5.09. The number of hydrogen-bond donors (Lipinski definition) is 0. The first-order valence-electron chi connectivity index (χ1n) is 10.1. The molecule has 0 spiro atoms. The molecule has 0 aliphatic rings. The van der Waals surface area contributed by atoms with Gasteiger partial charge in [0.05, 0.1) is 0 Å². The Morgan fingerprint density at radius 3 is 1.12 bits per heavy atom. The van der Waals surface area contributed by atoms with Gasteiger partial charge in [-0.05, 0) is 11.1 Å². The monoisotopic (exact) mass is 467 g/mol. The van der Waals surface area contributed by atoms with Gasteiger partial charge in [0.1, 0.15) is 0 Å². The van der Waals surface area contributed by atoms with Crippen LogP contribution in [0.25, 0.3) is 28.1 Å². The molecule has 32 heavy (non-hydrogen) atoms. The summed E-state index contributed by atoms with van der Waals surface area (Å²) in [6, 6.07) is 20.6. The molecular formula is C28H41N3Ti. The molecule has 0 aliphatic carbocycles. The van der Waals surface area contributed by atoms with Gasteiger partial charge >= 0.3 is 21.7 Å². The van der Waals surface area contributed by atoms with Crippen molar-refractivity contribution in [1.82, 2.24) is 0 Å². The first-order valence-corrected chi connectivity index (χ1v) is 10.1. The van der Waals surface area contributed by atoms with E-state index in [4.69, 9.17) is 6.58 Å². The van der Waals surface area contributed by atoms with Crippen LogP contribution in [0.15, 0.2) is 90.5 Å². The Balaban J connectivity index is -0.000000205. The Bertz CT molecular complexity index is 626. The second-order valence-corrected chi connectivity index (χ2v) is 6.08. The van der Waals surface area contributed by atoms with Crippen molar-refractivity contribution in [1.29, 1.82) is 0 Å². The third-order valence-corrected chi connectivity index (χ3v) is 3.01. The quantitative estimate of drug-likeness (QED) is 0.247. The van der Waals surface area contributed by atoms with Crippen LogP contribution in [0.5, 0.6) is 0 Å². The van der Waals surface area contributed by atoms with Gasteiger partial charge in [0.2, 0.25) is 0 Å². The van der Waals surface area contributed by atoms with Crippen molar-refractivity contribution in [3.63, 3.8) is 0 Å². The zero-order valence-electron chi connectivity index (χ0n) is 21.2. The molecule has 0 unspecified atom stereocenters. The fraction of sp³-hybridized carbons (Fsp3) is 0.286. The van der Waals surface area contributed by atoms with Crippen molar-refractivity contribution in [2.45, 2.75) is 13.8 Å². The van der Waals surface area contributed by atoms with E-state index >= 15 is 0 Å². The summed E-state index contributed by atoms with van der Waals surface area (Å²) < 4.78 is 0. The molecule has 172 valence electrons. The summed E-state index contributed by atoms with van der Waals surface area (Å²) in [7, 11) is 10.5. The van der Waals surface area contributed by atoms with Crippen LogP contribution in [0, 0.1) is 6.58 Å². The fourth-order valence-corrected chi connectivity index (χ4v) is 1.56. The molecule has 0 aromatic heterocycles. The van der Waals surface area contributed by atoms with E-state index < -0.39 is 0 Å². The van der Waals surface area contributed by atoms with Crippen LogP contribution >= 0.6 is 0 Å². The molecule has 0 radical (unpaired) electrons. The second-order valence-electron chi connectivity index (χ2n) is 6.08. The molecule has 0 aliphatic heterocycles. The van der Waals surface area contributed by atoms with Gasteiger partial charge in [-0.2, -0.15) is 48.4 Å². The minimum Gasteiger partial charge on any atom is -0.668 e. The zero-order chi connectivity index (χ0) is 24.2. The van der Waals surface area contributed by atoms with Gasteiger partial charge in [-0.3, -0.25) is 6.58 Å². The summed E-state index contributed by atoms with van der Waals surface area (Å²) in [5.41, 5.74) is 3.57. The van der Waals surface area contributed by atoms with Gasteiger partial charge in [0.15, 0.2) is 0 Å². The molecule has 2 aromatic rings. The fourth-order valence-electron chi connectivity index (χ4n) is 1.56. The molecule has 0 fully saturated rings. The third-order valence-electron chi connectivity index (χ3n) is 3.01. The smallest absolute Gasteiger partial charge is 0.668 e. The van der Waals surface area contributed by atoms with Crippen LogP contribution in [0.4, 0.5) is 0 Å². The molecule has 0 amide bonds. The SMILES string of the molecule is C(C=Cc1ccccc1)=Cc1ccccc1.C[N-]C.C[N-]C.C[N-]C.[CH-]=CC(C)=CC.[Ti+4]. The van der Waals surface area contributed by atoms with Crippen LogP contribution in [-0.2, 0) is 21.7 Å². The summed E-state index contributed by atoms with van der Waals surface area (Å²) in [5, 5.41) is 10.5. The van der Waals surface area contributed by atoms with Crippen molar-refractivity contribution >= 4 is 12.2 Å². The minimum atomic E-state index is 0. The first-order chi connectivity index (χ1) is 15.0. The van der Waals surface area contributed by atoms with Crippen LogP contribution in [0.3, 0.4) is 0 Å². The second kappa shape index (κ2) is 33.6. The van der Waals surface area contributed by atoms with E-state index in [1.165, 1.54) is 11.1 Å². The molecule has 2 rings (SSSR count). The van der Waals surface area contributed by atoms with Crippen LogP contribution < -0.4 is 0 Å². The number of hydrogen-bond acceptors (Lipinski definition) is 0. The largest absolute Gasteiger partial charge is 4.00 e. The van der Waals surface area contributed by atoms with E-state index in [9.17, 15) is 0 Å². The standard InChI is InChI=1S/C16H14.C6H9.3C2H6N.Ti/c1-3-9-15(10-4-1)13-7-8-14-16-11-5-2-6-12-16;1-4-6(3)5-2;3*1-3-2;/h1-14H;1,4-5H,2-3H3;3*1-2H3;/q;4*-1;+4. The number of benzene rings is 2. The summed E-state index contributed by atoms with van der Waals surface area (Å²) in [5.74, 6) is 0. The van der Waals surface area contributed by atoms with Gasteiger partial charge in [0, 0.05) is 0 Å². The summed E-state index contributed by atoms with van der Waals surface area (Å²) in [6.07, 6.45) is 11.9. The molecule has 0 saturated carbocycles. The molecule has 0 atom stereocenters. The van der Waals surface area contributed by atoms with E-state index in [1.54, 1.807) is 48.4 Å². The van der Waals surface area contributed by atoms with Gasteiger partial charge in [-0.25, -0.2) is 11.6 Å². The van der Waals surface area contributed by atoms with Gasteiger partial charge in [-0.1, -0.05) is 91.9 Å². The van der Waals surface area contributed by atoms with E-state index in [0.29, 0.717) is 0 Å². The first kappa shape index (κ1) is 37.3.